The number of aryl methyl sites for hydroxylation is 1. The van der Waals surface area contributed by atoms with Crippen LogP contribution in [0.5, 0.6) is 0 Å². The van der Waals surface area contributed by atoms with Gasteiger partial charge in [0.25, 0.3) is 0 Å². The summed E-state index contributed by atoms with van der Waals surface area (Å²) in [7, 11) is -3.16. The molecule has 4 rings (SSSR count). The molecule has 0 amide bonds. The Hall–Kier alpha value is -2.77. The average molecular weight is 639 g/mol. The number of nitrogens with one attached hydrogen (secondary N) is 1. The number of aliphatic hydroxyl groups is 1. The third-order valence-corrected chi connectivity index (χ3v) is 10.7. The third-order valence-electron chi connectivity index (χ3n) is 7.69. The maximum atomic E-state index is 13.8. The first-order valence-electron chi connectivity index (χ1n) is 14.0. The van der Waals surface area contributed by atoms with E-state index in [0.717, 1.165) is 41.0 Å². The van der Waals surface area contributed by atoms with Crippen molar-refractivity contribution in [3.8, 4) is 10.4 Å². The number of benzene rings is 2. The van der Waals surface area contributed by atoms with Crippen LogP contribution in [0.25, 0.3) is 10.4 Å². The largest absolute Gasteiger partial charge is 0.481 e. The Morgan fingerprint density at radius 2 is 1.74 bits per heavy atom. The topological polar surface area (TPSA) is 107 Å². The lowest BCUT2D eigenvalue weighted by Crippen LogP contribution is -2.47. The highest BCUT2D eigenvalue weighted by Crippen LogP contribution is 2.37. The number of likely N-dealkylation sites (N-methyl/N-ethyl adjacent to an activating group) is 1. The van der Waals surface area contributed by atoms with Crippen LogP contribution < -0.4 is 5.32 Å². The molecule has 2 aromatic carbocycles. The molecule has 0 fully saturated rings. The second-order valence-electron chi connectivity index (χ2n) is 11.9. The van der Waals surface area contributed by atoms with E-state index in [1.165, 1.54) is 24.2 Å². The number of rotatable bonds is 13. The minimum atomic E-state index is -4.79. The van der Waals surface area contributed by atoms with Gasteiger partial charge in [0.1, 0.15) is 0 Å². The molecule has 3 N–H and O–H groups in total. The summed E-state index contributed by atoms with van der Waals surface area (Å²) in [5.41, 5.74) is 1.32. The molecule has 3 aromatic rings. The molecule has 0 spiro atoms. The Bertz CT molecular complexity index is 1530. The van der Waals surface area contributed by atoms with Gasteiger partial charge >= 0.3 is 12.1 Å². The van der Waals surface area contributed by atoms with E-state index in [0.29, 0.717) is 21.7 Å². The molecule has 43 heavy (non-hydrogen) atoms. The molecule has 0 saturated carbocycles. The number of alkyl halides is 3. The van der Waals surface area contributed by atoms with Gasteiger partial charge in [-0.3, -0.25) is 4.79 Å². The Morgan fingerprint density at radius 3 is 2.35 bits per heavy atom. The minimum Gasteiger partial charge on any atom is -0.481 e. The zero-order valence-electron chi connectivity index (χ0n) is 24.3. The van der Waals surface area contributed by atoms with E-state index in [1.807, 2.05) is 26.0 Å². The SMILES string of the molecule is CN(C[C@H](O)CNC(C)(C)CC1Cc2ccccc2C1)S(=O)(=O)c1cc(-c2ccc(CCC(=O)O)s2)cc(C(F)(F)F)c1. The van der Waals surface area contributed by atoms with Gasteiger partial charge in [0, 0.05) is 35.4 Å². The van der Waals surface area contributed by atoms with Crippen LogP contribution in [0.1, 0.15) is 48.3 Å². The van der Waals surface area contributed by atoms with E-state index in [9.17, 15) is 31.5 Å². The summed E-state index contributed by atoms with van der Waals surface area (Å²) in [6.45, 7) is 3.86. The number of aliphatic hydroxyl groups excluding tert-OH is 1. The summed E-state index contributed by atoms with van der Waals surface area (Å²) in [5, 5.41) is 23.0. The highest BCUT2D eigenvalue weighted by atomic mass is 32.2. The fourth-order valence-corrected chi connectivity index (χ4v) is 7.85. The lowest BCUT2D eigenvalue weighted by molar-refractivity contribution is -0.138. The smallest absolute Gasteiger partial charge is 0.416 e. The molecule has 0 bridgehead atoms. The Morgan fingerprint density at radius 1 is 1.09 bits per heavy atom. The summed E-state index contributed by atoms with van der Waals surface area (Å²) >= 11 is 1.11. The normalized spacial score (nSPS) is 15.2. The van der Waals surface area contributed by atoms with E-state index < -0.39 is 38.7 Å². The zero-order chi connectivity index (χ0) is 31.6. The van der Waals surface area contributed by atoms with Crippen molar-refractivity contribution in [3.63, 3.8) is 0 Å². The number of fused-ring (bicyclic) bond motifs is 1. The van der Waals surface area contributed by atoms with Gasteiger partial charge in [-0.25, -0.2) is 8.42 Å². The van der Waals surface area contributed by atoms with Crippen LogP contribution in [0, 0.1) is 5.92 Å². The van der Waals surface area contributed by atoms with E-state index >= 15 is 0 Å². The lowest BCUT2D eigenvalue weighted by atomic mass is 9.88. The summed E-state index contributed by atoms with van der Waals surface area (Å²) in [4.78, 5) is 11.4. The highest BCUT2D eigenvalue weighted by molar-refractivity contribution is 7.89. The number of carboxylic acids is 1. The number of nitrogens with zero attached hydrogens (tertiary/aromatic N) is 1. The van der Waals surface area contributed by atoms with Gasteiger partial charge in [-0.2, -0.15) is 17.5 Å². The number of hydrogen-bond acceptors (Lipinski definition) is 6. The predicted octanol–water partition coefficient (Wildman–Crippen LogP) is 5.61. The van der Waals surface area contributed by atoms with Crippen LogP contribution in [-0.2, 0) is 40.3 Å². The monoisotopic (exact) mass is 638 g/mol. The fraction of sp³-hybridized carbons (Fsp3) is 0.452. The van der Waals surface area contributed by atoms with E-state index in [-0.39, 0.29) is 37.0 Å². The van der Waals surface area contributed by atoms with Crippen molar-refractivity contribution in [1.82, 2.24) is 9.62 Å². The second-order valence-corrected chi connectivity index (χ2v) is 15.1. The molecular formula is C31H37F3N2O5S2. The van der Waals surface area contributed by atoms with Crippen molar-refractivity contribution in [2.45, 2.75) is 68.7 Å². The quantitative estimate of drug-likeness (QED) is 0.225. The molecule has 1 aliphatic rings. The number of hydrogen-bond donors (Lipinski definition) is 3. The van der Waals surface area contributed by atoms with Crippen molar-refractivity contribution in [2.75, 3.05) is 20.1 Å². The van der Waals surface area contributed by atoms with Gasteiger partial charge < -0.3 is 15.5 Å². The van der Waals surface area contributed by atoms with Gasteiger partial charge in [-0.15, -0.1) is 11.3 Å². The lowest BCUT2D eigenvalue weighted by Gasteiger charge is -2.31. The maximum Gasteiger partial charge on any atom is 0.416 e. The molecule has 7 nitrogen and oxygen atoms in total. The number of β-amino-alcohol motifs (C(OH)–C–C–N with tert-alkyl or cyclic N) is 1. The van der Waals surface area contributed by atoms with E-state index in [2.05, 4.69) is 17.4 Å². The van der Waals surface area contributed by atoms with Crippen LogP contribution in [0.4, 0.5) is 13.2 Å². The molecule has 0 radical (unpaired) electrons. The number of carboxylic acid groups (broad SMARTS) is 1. The van der Waals surface area contributed by atoms with Crippen molar-refractivity contribution >= 4 is 27.3 Å². The third kappa shape index (κ3) is 8.66. The first-order valence-corrected chi connectivity index (χ1v) is 16.3. The second kappa shape index (κ2) is 13.1. The van der Waals surface area contributed by atoms with Crippen molar-refractivity contribution < 1.29 is 36.6 Å². The molecule has 0 saturated heterocycles. The van der Waals surface area contributed by atoms with Gasteiger partial charge in [0.05, 0.1) is 23.0 Å². The van der Waals surface area contributed by atoms with Crippen LogP contribution in [0.15, 0.2) is 59.5 Å². The maximum absolute atomic E-state index is 13.8. The summed E-state index contributed by atoms with van der Waals surface area (Å²) in [6, 6.07) is 14.2. The summed E-state index contributed by atoms with van der Waals surface area (Å²) in [6.07, 6.45) is -2.98. The minimum absolute atomic E-state index is 0.0615. The molecule has 0 aliphatic heterocycles. The fourth-order valence-electron chi connectivity index (χ4n) is 5.57. The van der Waals surface area contributed by atoms with Crippen molar-refractivity contribution in [1.29, 1.82) is 0 Å². The summed E-state index contributed by atoms with van der Waals surface area (Å²) < 4.78 is 69.1. The number of thiophene rings is 1. The Labute approximate surface area is 254 Å². The van der Waals surface area contributed by atoms with Gasteiger partial charge in [0.2, 0.25) is 10.0 Å². The van der Waals surface area contributed by atoms with Gasteiger partial charge in [0.15, 0.2) is 0 Å². The highest BCUT2D eigenvalue weighted by Gasteiger charge is 2.34. The number of carbonyl (C=O) groups is 1. The molecule has 234 valence electrons. The first-order chi connectivity index (χ1) is 20.0. The first kappa shape index (κ1) is 33.1. The van der Waals surface area contributed by atoms with E-state index in [1.54, 1.807) is 12.1 Å². The standard InChI is InChI=1S/C31H37F3N2O5S2/c1-30(2,17-20-12-21-6-4-5-7-22(21)13-20)35-18-25(37)19-36(3)43(40,41)27-15-23(14-24(16-27)31(32,33)34)28-10-8-26(42-28)9-11-29(38)39/h4-8,10,14-16,20,25,35,37H,9,11-13,17-19H2,1-3H3,(H,38,39)/t25-/m1/s1. The molecule has 12 heteroatoms. The van der Waals surface area contributed by atoms with Crippen molar-refractivity contribution in [3.05, 3.63) is 76.2 Å². The van der Waals surface area contributed by atoms with Crippen LogP contribution >= 0.6 is 11.3 Å². The van der Waals surface area contributed by atoms with Crippen LogP contribution in [-0.4, -0.2) is 60.7 Å². The molecule has 1 atom stereocenters. The van der Waals surface area contributed by atoms with Crippen LogP contribution in [0.2, 0.25) is 0 Å². The van der Waals surface area contributed by atoms with Crippen molar-refractivity contribution in [2.24, 2.45) is 5.92 Å². The molecule has 1 aromatic heterocycles. The summed E-state index contributed by atoms with van der Waals surface area (Å²) in [5.74, 6) is -0.544. The Balaban J connectivity index is 1.43. The number of aliphatic carboxylic acids is 1. The molecule has 0 unspecified atom stereocenters. The van der Waals surface area contributed by atoms with Gasteiger partial charge in [-0.1, -0.05) is 24.3 Å². The van der Waals surface area contributed by atoms with E-state index in [4.69, 9.17) is 5.11 Å². The average Bonchev–Trinajstić information content (AvgIpc) is 3.56. The molecule has 1 heterocycles. The zero-order valence-corrected chi connectivity index (χ0v) is 26.0. The predicted molar refractivity (Wildman–Crippen MR) is 161 cm³/mol. The molecule has 1 aliphatic carbocycles. The van der Waals surface area contributed by atoms with Crippen LogP contribution in [0.3, 0.4) is 0 Å². The number of halogens is 3. The molecular weight excluding hydrogens is 601 g/mol. The number of sulfonamides is 1. The van der Waals surface area contributed by atoms with Gasteiger partial charge in [-0.05, 0) is 92.5 Å². The Kier molecular flexibility index (Phi) is 10.1.